The molecule has 0 saturated heterocycles. The maximum absolute atomic E-state index is 10.3. The molecular formula is C14H14N2O. The van der Waals surface area contributed by atoms with Crippen LogP contribution in [0.1, 0.15) is 23.6 Å². The van der Waals surface area contributed by atoms with Gasteiger partial charge in [0.2, 0.25) is 6.08 Å². The van der Waals surface area contributed by atoms with E-state index in [1.54, 1.807) is 6.08 Å². The summed E-state index contributed by atoms with van der Waals surface area (Å²) in [6.07, 6.45) is 9.03. The zero-order valence-corrected chi connectivity index (χ0v) is 9.81. The molecule has 0 aliphatic heterocycles. The highest BCUT2D eigenvalue weighted by Gasteiger charge is 2.25. The van der Waals surface area contributed by atoms with E-state index >= 15 is 0 Å². The number of aliphatic imine (C=N–C) groups is 1. The van der Waals surface area contributed by atoms with Crippen LogP contribution in [0.25, 0.3) is 0 Å². The molecule has 3 heteroatoms. The Balaban J connectivity index is 2.32. The minimum absolute atomic E-state index is 0.336. The Morgan fingerprint density at radius 2 is 2.41 bits per heavy atom. The predicted octanol–water partition coefficient (Wildman–Crippen LogP) is 2.21. The number of terminal acetylenes is 1. The number of carbonyl (C=O) groups excluding carboxylic acids is 1. The minimum atomic E-state index is 0.336. The highest BCUT2D eigenvalue weighted by atomic mass is 16.1. The second-order valence-corrected chi connectivity index (χ2v) is 4.26. The van der Waals surface area contributed by atoms with E-state index in [9.17, 15) is 4.79 Å². The van der Waals surface area contributed by atoms with E-state index in [1.807, 2.05) is 25.2 Å². The highest BCUT2D eigenvalue weighted by Crippen LogP contribution is 2.36. The standard InChI is InChI=1S/C14H14N2O/c1-3-8-16(2)14-7-5-11-4-6-12(15-10-17)9-13(11)14/h1,4,6,9,14H,5,7-8H2,2H3. The number of aryl methyl sites for hydroxylation is 1. The van der Waals surface area contributed by atoms with E-state index in [1.165, 1.54) is 11.1 Å². The Labute approximate surface area is 101 Å². The molecule has 0 N–H and O–H groups in total. The van der Waals surface area contributed by atoms with Crippen molar-refractivity contribution < 1.29 is 4.79 Å². The van der Waals surface area contributed by atoms with Gasteiger partial charge in [0.15, 0.2) is 0 Å². The summed E-state index contributed by atoms with van der Waals surface area (Å²) in [6, 6.07) is 6.19. The third-order valence-electron chi connectivity index (χ3n) is 3.22. The van der Waals surface area contributed by atoms with Crippen LogP contribution in [0.5, 0.6) is 0 Å². The summed E-state index contributed by atoms with van der Waals surface area (Å²) >= 11 is 0. The van der Waals surface area contributed by atoms with Gasteiger partial charge in [-0.1, -0.05) is 12.0 Å². The topological polar surface area (TPSA) is 32.7 Å². The van der Waals surface area contributed by atoms with Gasteiger partial charge in [-0.25, -0.2) is 4.79 Å². The largest absolute Gasteiger partial charge is 0.288 e. The summed E-state index contributed by atoms with van der Waals surface area (Å²) in [5.41, 5.74) is 3.22. The number of fused-ring (bicyclic) bond motifs is 1. The van der Waals surface area contributed by atoms with E-state index in [2.05, 4.69) is 15.8 Å². The second kappa shape index (κ2) is 4.97. The molecule has 0 fully saturated rings. The van der Waals surface area contributed by atoms with Crippen molar-refractivity contribution in [1.29, 1.82) is 0 Å². The molecule has 1 aliphatic carbocycles. The lowest BCUT2D eigenvalue weighted by molar-refractivity contribution is 0.274. The Morgan fingerprint density at radius 1 is 1.59 bits per heavy atom. The minimum Gasteiger partial charge on any atom is -0.288 e. The molecule has 1 atom stereocenters. The van der Waals surface area contributed by atoms with Crippen LogP contribution in [0.4, 0.5) is 5.69 Å². The molecule has 0 saturated carbocycles. The molecule has 1 aliphatic rings. The van der Waals surface area contributed by atoms with Crippen LogP contribution in [0.2, 0.25) is 0 Å². The number of rotatable bonds is 3. The van der Waals surface area contributed by atoms with Gasteiger partial charge in [0, 0.05) is 6.04 Å². The van der Waals surface area contributed by atoms with Crippen molar-refractivity contribution in [2.75, 3.05) is 13.6 Å². The molecular weight excluding hydrogens is 212 g/mol. The first-order valence-corrected chi connectivity index (χ1v) is 5.60. The first-order chi connectivity index (χ1) is 8.26. The van der Waals surface area contributed by atoms with Crippen molar-refractivity contribution >= 4 is 11.8 Å². The first kappa shape index (κ1) is 11.6. The predicted molar refractivity (Wildman–Crippen MR) is 66.7 cm³/mol. The third kappa shape index (κ3) is 2.29. The third-order valence-corrected chi connectivity index (χ3v) is 3.22. The highest BCUT2D eigenvalue weighted by molar-refractivity contribution is 5.53. The van der Waals surface area contributed by atoms with Crippen LogP contribution >= 0.6 is 0 Å². The monoisotopic (exact) mass is 226 g/mol. The number of isocyanates is 1. The van der Waals surface area contributed by atoms with Gasteiger partial charge in [-0.15, -0.1) is 6.42 Å². The lowest BCUT2D eigenvalue weighted by atomic mass is 10.1. The fourth-order valence-electron chi connectivity index (χ4n) is 2.40. The van der Waals surface area contributed by atoms with Crippen molar-refractivity contribution in [2.45, 2.75) is 18.9 Å². The Hall–Kier alpha value is -1.88. The molecule has 0 amide bonds. The first-order valence-electron chi connectivity index (χ1n) is 5.60. The summed E-state index contributed by atoms with van der Waals surface area (Å²) < 4.78 is 0. The Bertz CT molecular complexity index is 509. The van der Waals surface area contributed by atoms with Gasteiger partial charge in [0.1, 0.15) is 0 Å². The average Bonchev–Trinajstić information content (AvgIpc) is 2.73. The quantitative estimate of drug-likeness (QED) is 0.449. The Kier molecular flexibility index (Phi) is 3.39. The molecule has 0 heterocycles. The van der Waals surface area contributed by atoms with Crippen LogP contribution in [0, 0.1) is 12.3 Å². The van der Waals surface area contributed by atoms with Gasteiger partial charge in [-0.05, 0) is 43.1 Å². The average molecular weight is 226 g/mol. The van der Waals surface area contributed by atoms with E-state index in [-0.39, 0.29) is 0 Å². The number of benzene rings is 1. The molecule has 0 radical (unpaired) electrons. The van der Waals surface area contributed by atoms with Gasteiger partial charge in [-0.3, -0.25) is 4.90 Å². The second-order valence-electron chi connectivity index (χ2n) is 4.26. The normalized spacial score (nSPS) is 17.4. The Morgan fingerprint density at radius 3 is 3.12 bits per heavy atom. The molecule has 2 rings (SSSR count). The van der Waals surface area contributed by atoms with Crippen molar-refractivity contribution in [1.82, 2.24) is 4.90 Å². The summed E-state index contributed by atoms with van der Waals surface area (Å²) in [6.45, 7) is 0.630. The maximum Gasteiger partial charge on any atom is 0.240 e. The summed E-state index contributed by atoms with van der Waals surface area (Å²) in [7, 11) is 2.02. The smallest absolute Gasteiger partial charge is 0.240 e. The van der Waals surface area contributed by atoms with Gasteiger partial charge < -0.3 is 0 Å². The molecule has 17 heavy (non-hydrogen) atoms. The number of hydrogen-bond acceptors (Lipinski definition) is 3. The van der Waals surface area contributed by atoms with Crippen LogP contribution in [0.3, 0.4) is 0 Å². The van der Waals surface area contributed by atoms with Crippen LogP contribution < -0.4 is 0 Å². The van der Waals surface area contributed by atoms with Crippen molar-refractivity contribution in [3.63, 3.8) is 0 Å². The molecule has 0 aromatic heterocycles. The summed E-state index contributed by atoms with van der Waals surface area (Å²) in [4.78, 5) is 16.1. The lowest BCUT2D eigenvalue weighted by Gasteiger charge is -2.22. The van der Waals surface area contributed by atoms with Crippen molar-refractivity contribution in [2.24, 2.45) is 4.99 Å². The van der Waals surface area contributed by atoms with Gasteiger partial charge >= 0.3 is 0 Å². The van der Waals surface area contributed by atoms with Crippen LogP contribution in [-0.2, 0) is 11.2 Å². The number of hydrogen-bond donors (Lipinski definition) is 0. The molecule has 1 aromatic rings. The summed E-state index contributed by atoms with van der Waals surface area (Å²) in [5, 5.41) is 0. The molecule has 0 bridgehead atoms. The van der Waals surface area contributed by atoms with Gasteiger partial charge in [0.05, 0.1) is 12.2 Å². The molecule has 1 aromatic carbocycles. The fraction of sp³-hybridized carbons (Fsp3) is 0.357. The van der Waals surface area contributed by atoms with E-state index in [4.69, 9.17) is 6.42 Å². The number of nitrogens with zero attached hydrogens (tertiary/aromatic N) is 2. The van der Waals surface area contributed by atoms with E-state index < -0.39 is 0 Å². The molecule has 0 spiro atoms. The maximum atomic E-state index is 10.3. The lowest BCUT2D eigenvalue weighted by Crippen LogP contribution is -2.23. The molecule has 86 valence electrons. The summed E-state index contributed by atoms with van der Waals surface area (Å²) in [5.74, 6) is 2.66. The molecule has 1 unspecified atom stereocenters. The SMILES string of the molecule is C#CCN(C)C1CCc2ccc(N=C=O)cc21. The zero-order chi connectivity index (χ0) is 12.3. The van der Waals surface area contributed by atoms with Crippen molar-refractivity contribution in [3.05, 3.63) is 29.3 Å². The molecule has 3 nitrogen and oxygen atoms in total. The zero-order valence-electron chi connectivity index (χ0n) is 9.81. The van der Waals surface area contributed by atoms with E-state index in [0.29, 0.717) is 18.3 Å². The van der Waals surface area contributed by atoms with Crippen LogP contribution in [0.15, 0.2) is 23.2 Å². The fourth-order valence-corrected chi connectivity index (χ4v) is 2.40. The van der Waals surface area contributed by atoms with Crippen LogP contribution in [-0.4, -0.2) is 24.6 Å². The van der Waals surface area contributed by atoms with E-state index in [0.717, 1.165) is 12.8 Å². The van der Waals surface area contributed by atoms with Crippen molar-refractivity contribution in [3.8, 4) is 12.3 Å². The van der Waals surface area contributed by atoms with Gasteiger partial charge in [0.25, 0.3) is 0 Å². The van der Waals surface area contributed by atoms with Gasteiger partial charge in [-0.2, -0.15) is 4.99 Å².